The molecule has 1 unspecified atom stereocenters. The average molecular weight is 257 g/mol. The number of nitrogens with one attached hydrogen (secondary N) is 1. The average Bonchev–Trinajstić information content (AvgIpc) is 2.45. The Morgan fingerprint density at radius 1 is 1.42 bits per heavy atom. The molecule has 0 saturated carbocycles. The molecular formula is C16H23N3. The summed E-state index contributed by atoms with van der Waals surface area (Å²) in [6.45, 7) is 7.67. The first kappa shape index (κ1) is 13.9. The van der Waals surface area contributed by atoms with Crippen molar-refractivity contribution in [3.63, 3.8) is 0 Å². The minimum absolute atomic E-state index is 0.413. The van der Waals surface area contributed by atoms with Crippen LogP contribution in [0.2, 0.25) is 0 Å². The topological polar surface area (TPSA) is 39.1 Å². The van der Waals surface area contributed by atoms with E-state index in [9.17, 15) is 5.26 Å². The molecule has 1 fully saturated rings. The van der Waals surface area contributed by atoms with Gasteiger partial charge in [-0.15, -0.1) is 0 Å². The highest BCUT2D eigenvalue weighted by molar-refractivity contribution is 5.59. The predicted molar refractivity (Wildman–Crippen MR) is 79.2 cm³/mol. The Kier molecular flexibility index (Phi) is 4.81. The summed E-state index contributed by atoms with van der Waals surface area (Å²) in [5, 5.41) is 12.7. The van der Waals surface area contributed by atoms with Crippen molar-refractivity contribution in [2.45, 2.75) is 32.7 Å². The zero-order valence-electron chi connectivity index (χ0n) is 11.9. The zero-order chi connectivity index (χ0) is 13.7. The van der Waals surface area contributed by atoms with Crippen molar-refractivity contribution in [2.24, 2.45) is 5.92 Å². The number of hydrogen-bond acceptors (Lipinski definition) is 3. The lowest BCUT2D eigenvalue weighted by molar-refractivity contribution is 0.371. The lowest BCUT2D eigenvalue weighted by Gasteiger charge is -2.35. The Morgan fingerprint density at radius 3 is 2.84 bits per heavy atom. The van der Waals surface area contributed by atoms with E-state index in [1.165, 1.54) is 12.8 Å². The first-order valence-corrected chi connectivity index (χ1v) is 7.19. The zero-order valence-corrected chi connectivity index (χ0v) is 11.9. The number of nitriles is 1. The van der Waals surface area contributed by atoms with Gasteiger partial charge in [0.2, 0.25) is 0 Å². The van der Waals surface area contributed by atoms with Crippen LogP contribution in [0.1, 0.15) is 32.3 Å². The summed E-state index contributed by atoms with van der Waals surface area (Å²) in [4.78, 5) is 2.37. The van der Waals surface area contributed by atoms with Gasteiger partial charge in [0, 0.05) is 12.6 Å². The Labute approximate surface area is 116 Å². The lowest BCUT2D eigenvalue weighted by Crippen LogP contribution is -2.41. The number of nitrogens with zero attached hydrogens (tertiary/aromatic N) is 2. The minimum Gasteiger partial charge on any atom is -0.368 e. The van der Waals surface area contributed by atoms with Crippen molar-refractivity contribution >= 4 is 5.69 Å². The molecule has 1 saturated heterocycles. The molecule has 19 heavy (non-hydrogen) atoms. The molecule has 0 amide bonds. The number of piperidine rings is 1. The van der Waals surface area contributed by atoms with E-state index in [0.29, 0.717) is 12.0 Å². The molecule has 0 aromatic heterocycles. The molecule has 2 rings (SSSR count). The number of benzene rings is 1. The summed E-state index contributed by atoms with van der Waals surface area (Å²) < 4.78 is 0. The quantitative estimate of drug-likeness (QED) is 0.901. The molecule has 1 aliphatic rings. The second kappa shape index (κ2) is 6.58. The van der Waals surface area contributed by atoms with Crippen LogP contribution in [-0.4, -0.2) is 25.7 Å². The van der Waals surface area contributed by atoms with E-state index in [4.69, 9.17) is 0 Å². The molecule has 0 bridgehead atoms. The molecule has 1 aromatic carbocycles. The van der Waals surface area contributed by atoms with E-state index in [1.807, 2.05) is 18.2 Å². The van der Waals surface area contributed by atoms with E-state index in [2.05, 4.69) is 36.2 Å². The van der Waals surface area contributed by atoms with Crippen LogP contribution >= 0.6 is 0 Å². The summed E-state index contributed by atoms with van der Waals surface area (Å²) >= 11 is 0. The summed E-state index contributed by atoms with van der Waals surface area (Å²) in [6, 6.07) is 10.6. The van der Waals surface area contributed by atoms with Crippen LogP contribution in [0.15, 0.2) is 24.3 Å². The maximum Gasteiger partial charge on any atom is 0.101 e. The summed E-state index contributed by atoms with van der Waals surface area (Å²) in [5.74, 6) is 0.683. The van der Waals surface area contributed by atoms with Crippen LogP contribution < -0.4 is 10.2 Å². The molecule has 0 aliphatic carbocycles. The molecule has 1 aliphatic heterocycles. The Bertz CT molecular complexity index is 442. The molecule has 0 radical (unpaired) electrons. The lowest BCUT2D eigenvalue weighted by atomic mass is 9.97. The van der Waals surface area contributed by atoms with Crippen LogP contribution in [0.3, 0.4) is 0 Å². The maximum atomic E-state index is 9.27. The van der Waals surface area contributed by atoms with Gasteiger partial charge in [-0.3, -0.25) is 0 Å². The highest BCUT2D eigenvalue weighted by Crippen LogP contribution is 2.24. The van der Waals surface area contributed by atoms with Crippen LogP contribution in [-0.2, 0) is 0 Å². The van der Waals surface area contributed by atoms with Gasteiger partial charge in [-0.25, -0.2) is 0 Å². The standard InChI is InChI=1S/C16H23N3/c1-13(2)19(12-14-6-5-9-18-11-14)16-8-4-3-7-15(16)10-17/h3-4,7-8,13-14,18H,5-6,9,11-12H2,1-2H3. The van der Waals surface area contributed by atoms with Gasteiger partial charge in [-0.1, -0.05) is 12.1 Å². The fourth-order valence-corrected chi connectivity index (χ4v) is 2.76. The monoisotopic (exact) mass is 257 g/mol. The largest absolute Gasteiger partial charge is 0.368 e. The van der Waals surface area contributed by atoms with E-state index in [0.717, 1.165) is 30.9 Å². The normalized spacial score (nSPS) is 19.2. The molecule has 1 atom stereocenters. The minimum atomic E-state index is 0.413. The second-order valence-electron chi connectivity index (χ2n) is 5.59. The summed E-state index contributed by atoms with van der Waals surface area (Å²) in [5.41, 5.74) is 1.85. The Morgan fingerprint density at radius 2 is 2.21 bits per heavy atom. The van der Waals surface area contributed by atoms with E-state index in [-0.39, 0.29) is 0 Å². The van der Waals surface area contributed by atoms with Gasteiger partial charge >= 0.3 is 0 Å². The van der Waals surface area contributed by atoms with Crippen molar-refractivity contribution in [1.29, 1.82) is 5.26 Å². The van der Waals surface area contributed by atoms with Gasteiger partial charge in [0.15, 0.2) is 0 Å². The van der Waals surface area contributed by atoms with Gasteiger partial charge in [0.1, 0.15) is 6.07 Å². The van der Waals surface area contributed by atoms with E-state index >= 15 is 0 Å². The first-order chi connectivity index (χ1) is 9.22. The van der Waals surface area contributed by atoms with Gasteiger partial charge in [-0.05, 0) is 57.8 Å². The molecule has 0 spiro atoms. The maximum absolute atomic E-state index is 9.27. The van der Waals surface area contributed by atoms with Crippen molar-refractivity contribution in [2.75, 3.05) is 24.5 Å². The van der Waals surface area contributed by atoms with Crippen LogP contribution in [0.25, 0.3) is 0 Å². The van der Waals surface area contributed by atoms with Gasteiger partial charge in [0.05, 0.1) is 11.3 Å². The SMILES string of the molecule is CC(C)N(CC1CCCNC1)c1ccccc1C#N. The van der Waals surface area contributed by atoms with Crippen LogP contribution in [0.5, 0.6) is 0 Å². The second-order valence-corrected chi connectivity index (χ2v) is 5.59. The van der Waals surface area contributed by atoms with Gasteiger partial charge < -0.3 is 10.2 Å². The third kappa shape index (κ3) is 3.48. The third-order valence-corrected chi connectivity index (χ3v) is 3.81. The first-order valence-electron chi connectivity index (χ1n) is 7.19. The molecule has 1 N–H and O–H groups in total. The predicted octanol–water partition coefficient (Wildman–Crippen LogP) is 2.77. The van der Waals surface area contributed by atoms with Crippen molar-refractivity contribution in [1.82, 2.24) is 5.32 Å². The van der Waals surface area contributed by atoms with E-state index < -0.39 is 0 Å². The fraction of sp³-hybridized carbons (Fsp3) is 0.562. The smallest absolute Gasteiger partial charge is 0.101 e. The van der Waals surface area contributed by atoms with Crippen molar-refractivity contribution < 1.29 is 0 Å². The third-order valence-electron chi connectivity index (χ3n) is 3.81. The number of anilines is 1. The fourth-order valence-electron chi connectivity index (χ4n) is 2.76. The van der Waals surface area contributed by atoms with Crippen LogP contribution in [0, 0.1) is 17.2 Å². The molecule has 3 heteroatoms. The summed E-state index contributed by atoms with van der Waals surface area (Å²) in [6.07, 6.45) is 2.54. The molecule has 3 nitrogen and oxygen atoms in total. The Balaban J connectivity index is 2.17. The van der Waals surface area contributed by atoms with Crippen molar-refractivity contribution in [3.8, 4) is 6.07 Å². The van der Waals surface area contributed by atoms with Gasteiger partial charge in [-0.2, -0.15) is 5.26 Å². The molecule has 1 heterocycles. The number of rotatable bonds is 4. The van der Waals surface area contributed by atoms with E-state index in [1.54, 1.807) is 0 Å². The highest BCUT2D eigenvalue weighted by Gasteiger charge is 2.20. The highest BCUT2D eigenvalue weighted by atomic mass is 15.2. The van der Waals surface area contributed by atoms with Crippen molar-refractivity contribution in [3.05, 3.63) is 29.8 Å². The summed E-state index contributed by atoms with van der Waals surface area (Å²) in [7, 11) is 0. The van der Waals surface area contributed by atoms with Gasteiger partial charge in [0.25, 0.3) is 0 Å². The number of hydrogen-bond donors (Lipinski definition) is 1. The van der Waals surface area contributed by atoms with Crippen LogP contribution in [0.4, 0.5) is 5.69 Å². The Hall–Kier alpha value is -1.53. The number of para-hydroxylation sites is 1. The molecular weight excluding hydrogens is 234 g/mol. The molecule has 1 aromatic rings. The molecule has 102 valence electrons.